The van der Waals surface area contributed by atoms with Gasteiger partial charge in [0.2, 0.25) is 0 Å². The zero-order chi connectivity index (χ0) is 11.0. The van der Waals surface area contributed by atoms with Crippen molar-refractivity contribution in [2.45, 2.75) is 31.4 Å². The second kappa shape index (κ2) is 3.62. The van der Waals surface area contributed by atoms with E-state index in [1.807, 2.05) is 0 Å². The van der Waals surface area contributed by atoms with Gasteiger partial charge in [0.05, 0.1) is 6.10 Å². The van der Waals surface area contributed by atoms with Gasteiger partial charge in [-0.2, -0.15) is 4.98 Å². The molecule has 1 heterocycles. The first kappa shape index (κ1) is 10.1. The fourth-order valence-corrected chi connectivity index (χ4v) is 1.91. The molecule has 0 unspecified atom stereocenters. The van der Waals surface area contributed by atoms with E-state index in [2.05, 4.69) is 4.98 Å². The number of hydrogen-bond acceptors (Lipinski definition) is 4. The summed E-state index contributed by atoms with van der Waals surface area (Å²) in [5, 5.41) is 9.32. The van der Waals surface area contributed by atoms with Crippen molar-refractivity contribution in [1.82, 2.24) is 9.55 Å². The van der Waals surface area contributed by atoms with Gasteiger partial charge in [0.25, 0.3) is 0 Å². The van der Waals surface area contributed by atoms with E-state index in [-0.39, 0.29) is 11.9 Å². The van der Waals surface area contributed by atoms with Crippen LogP contribution >= 0.6 is 0 Å². The number of nitrogens with zero attached hydrogens (tertiary/aromatic N) is 2. The van der Waals surface area contributed by atoms with Crippen LogP contribution < -0.4 is 11.4 Å². The standard InChI is InChI=1S/C9H12FN3O2/c10-7-4-13(9(15)12-8(7)11)5-1-2-6(14)3-5/h4-6,14H,1-3H2,(H2,11,12,15)/t5-,6+/m0/s1. The zero-order valence-electron chi connectivity index (χ0n) is 8.06. The molecule has 2 rings (SSSR count). The Kier molecular flexibility index (Phi) is 2.44. The van der Waals surface area contributed by atoms with Crippen molar-refractivity contribution >= 4 is 5.82 Å². The Hall–Kier alpha value is -1.43. The summed E-state index contributed by atoms with van der Waals surface area (Å²) in [5.41, 5.74) is 4.60. The number of hydrogen-bond donors (Lipinski definition) is 2. The van der Waals surface area contributed by atoms with Crippen LogP contribution in [0.1, 0.15) is 25.3 Å². The van der Waals surface area contributed by atoms with Gasteiger partial charge in [0.1, 0.15) is 0 Å². The number of aliphatic hydroxyl groups excluding tert-OH is 1. The second-order valence-corrected chi connectivity index (χ2v) is 3.78. The lowest BCUT2D eigenvalue weighted by molar-refractivity contribution is 0.177. The Bertz CT molecular complexity index is 432. The molecule has 82 valence electrons. The summed E-state index contributed by atoms with van der Waals surface area (Å²) in [4.78, 5) is 14.8. The fraction of sp³-hybridized carbons (Fsp3) is 0.556. The van der Waals surface area contributed by atoms with Gasteiger partial charge in [-0.25, -0.2) is 9.18 Å². The molecule has 0 radical (unpaired) electrons. The van der Waals surface area contributed by atoms with E-state index in [9.17, 15) is 14.3 Å². The monoisotopic (exact) mass is 213 g/mol. The summed E-state index contributed by atoms with van der Waals surface area (Å²) in [6, 6.07) is -0.171. The Labute approximate surface area is 85.4 Å². The number of nitrogen functional groups attached to an aromatic ring is 1. The third-order valence-electron chi connectivity index (χ3n) is 2.70. The Morgan fingerprint density at radius 2 is 2.33 bits per heavy atom. The normalized spacial score (nSPS) is 25.7. The van der Waals surface area contributed by atoms with Gasteiger partial charge in [-0.3, -0.25) is 4.57 Å². The first-order valence-electron chi connectivity index (χ1n) is 4.80. The molecule has 0 aliphatic heterocycles. The number of anilines is 1. The van der Waals surface area contributed by atoms with Crippen LogP contribution in [0.2, 0.25) is 0 Å². The molecule has 1 aromatic rings. The number of aliphatic hydroxyl groups is 1. The minimum Gasteiger partial charge on any atom is -0.393 e. The average molecular weight is 213 g/mol. The lowest BCUT2D eigenvalue weighted by Crippen LogP contribution is -2.27. The van der Waals surface area contributed by atoms with Crippen LogP contribution in [0.4, 0.5) is 10.2 Å². The SMILES string of the molecule is Nc1nc(=O)n([C@H]2CC[C@@H](O)C2)cc1F. The molecule has 15 heavy (non-hydrogen) atoms. The fourth-order valence-electron chi connectivity index (χ4n) is 1.91. The number of halogens is 1. The molecule has 0 bridgehead atoms. The van der Waals surface area contributed by atoms with Crippen molar-refractivity contribution < 1.29 is 9.50 Å². The van der Waals surface area contributed by atoms with Gasteiger partial charge in [0.15, 0.2) is 11.6 Å². The molecule has 6 heteroatoms. The summed E-state index contributed by atoms with van der Waals surface area (Å²) < 4.78 is 14.3. The summed E-state index contributed by atoms with van der Waals surface area (Å²) in [6.45, 7) is 0. The van der Waals surface area contributed by atoms with E-state index in [0.717, 1.165) is 6.20 Å². The lowest BCUT2D eigenvalue weighted by Gasteiger charge is -2.12. The first-order valence-corrected chi connectivity index (χ1v) is 4.80. The molecular formula is C9H12FN3O2. The molecule has 2 atom stereocenters. The highest BCUT2D eigenvalue weighted by Gasteiger charge is 2.25. The highest BCUT2D eigenvalue weighted by atomic mass is 19.1. The van der Waals surface area contributed by atoms with E-state index < -0.39 is 17.6 Å². The maximum Gasteiger partial charge on any atom is 0.349 e. The molecule has 0 aromatic carbocycles. The minimum atomic E-state index is -0.698. The van der Waals surface area contributed by atoms with Gasteiger partial charge in [-0.1, -0.05) is 0 Å². The van der Waals surface area contributed by atoms with Gasteiger partial charge in [-0.15, -0.1) is 0 Å². The molecule has 1 fully saturated rings. The lowest BCUT2D eigenvalue weighted by atomic mass is 10.2. The number of nitrogens with two attached hydrogens (primary N) is 1. The molecule has 0 amide bonds. The van der Waals surface area contributed by atoms with Crippen molar-refractivity contribution in [3.05, 3.63) is 22.5 Å². The predicted molar refractivity (Wildman–Crippen MR) is 51.8 cm³/mol. The molecule has 1 saturated carbocycles. The molecular weight excluding hydrogens is 201 g/mol. The molecule has 1 aliphatic carbocycles. The molecule has 3 N–H and O–H groups in total. The number of aromatic nitrogens is 2. The molecule has 5 nitrogen and oxygen atoms in total. The van der Waals surface area contributed by atoms with Crippen molar-refractivity contribution in [3.8, 4) is 0 Å². The zero-order valence-corrected chi connectivity index (χ0v) is 8.06. The quantitative estimate of drug-likeness (QED) is 0.690. The summed E-state index contributed by atoms with van der Waals surface area (Å²) in [5.74, 6) is -1.08. The molecule has 1 aliphatic rings. The Morgan fingerprint density at radius 3 is 2.93 bits per heavy atom. The minimum absolute atomic E-state index is 0.171. The van der Waals surface area contributed by atoms with Gasteiger partial charge in [0, 0.05) is 12.2 Å². The average Bonchev–Trinajstić information content (AvgIpc) is 2.58. The van der Waals surface area contributed by atoms with Crippen molar-refractivity contribution in [2.75, 3.05) is 5.73 Å². The van der Waals surface area contributed by atoms with Crippen molar-refractivity contribution in [2.24, 2.45) is 0 Å². The van der Waals surface area contributed by atoms with Gasteiger partial charge in [-0.05, 0) is 19.3 Å². The van der Waals surface area contributed by atoms with Crippen LogP contribution in [0.3, 0.4) is 0 Å². The van der Waals surface area contributed by atoms with Crippen LogP contribution in [0.15, 0.2) is 11.0 Å². The van der Waals surface area contributed by atoms with Crippen LogP contribution in [0, 0.1) is 5.82 Å². The second-order valence-electron chi connectivity index (χ2n) is 3.78. The first-order chi connectivity index (χ1) is 7.08. The third kappa shape index (κ3) is 1.85. The summed E-state index contributed by atoms with van der Waals surface area (Å²) >= 11 is 0. The largest absolute Gasteiger partial charge is 0.393 e. The number of rotatable bonds is 1. The van der Waals surface area contributed by atoms with Gasteiger partial charge < -0.3 is 10.8 Å². The van der Waals surface area contributed by atoms with Crippen LogP contribution in [-0.2, 0) is 0 Å². The van der Waals surface area contributed by atoms with Crippen LogP contribution in [0.5, 0.6) is 0 Å². The van der Waals surface area contributed by atoms with Crippen LogP contribution in [-0.4, -0.2) is 20.8 Å². The van der Waals surface area contributed by atoms with Crippen LogP contribution in [0.25, 0.3) is 0 Å². The maximum absolute atomic E-state index is 13.1. The smallest absolute Gasteiger partial charge is 0.349 e. The summed E-state index contributed by atoms with van der Waals surface area (Å²) in [6.07, 6.45) is 2.40. The van der Waals surface area contributed by atoms with Gasteiger partial charge >= 0.3 is 5.69 Å². The van der Waals surface area contributed by atoms with E-state index in [4.69, 9.17) is 5.73 Å². The third-order valence-corrected chi connectivity index (χ3v) is 2.70. The van der Waals surface area contributed by atoms with Crippen molar-refractivity contribution in [3.63, 3.8) is 0 Å². The Balaban J connectivity index is 2.36. The van der Waals surface area contributed by atoms with E-state index in [0.29, 0.717) is 19.3 Å². The van der Waals surface area contributed by atoms with E-state index in [1.165, 1.54) is 4.57 Å². The molecule has 1 aromatic heterocycles. The van der Waals surface area contributed by atoms with Crippen molar-refractivity contribution in [1.29, 1.82) is 0 Å². The van der Waals surface area contributed by atoms with E-state index in [1.54, 1.807) is 0 Å². The highest BCUT2D eigenvalue weighted by molar-refractivity contribution is 5.26. The summed E-state index contributed by atoms with van der Waals surface area (Å²) in [7, 11) is 0. The maximum atomic E-state index is 13.1. The molecule has 0 saturated heterocycles. The highest BCUT2D eigenvalue weighted by Crippen LogP contribution is 2.28. The predicted octanol–water partition coefficient (Wildman–Crippen LogP) is 0.0505. The Morgan fingerprint density at radius 1 is 1.60 bits per heavy atom. The van der Waals surface area contributed by atoms with E-state index >= 15 is 0 Å². The molecule has 0 spiro atoms. The topological polar surface area (TPSA) is 81.1 Å².